The molecule has 0 radical (unpaired) electrons. The fourth-order valence-electron chi connectivity index (χ4n) is 4.00. The Morgan fingerprint density at radius 2 is 2.11 bits per heavy atom. The van der Waals surface area contributed by atoms with Gasteiger partial charge in [0.15, 0.2) is 0 Å². The topological polar surface area (TPSA) is 12.2 Å². The maximum Gasteiger partial charge on any atom is 0.0717 e. The molecule has 1 unspecified atom stereocenters. The van der Waals surface area contributed by atoms with E-state index in [9.17, 15) is 0 Å². The van der Waals surface area contributed by atoms with Crippen molar-refractivity contribution in [3.8, 4) is 0 Å². The van der Waals surface area contributed by atoms with Crippen LogP contribution in [0.3, 0.4) is 0 Å². The summed E-state index contributed by atoms with van der Waals surface area (Å²) in [5.41, 5.74) is 1.82. The van der Waals surface area contributed by atoms with Crippen molar-refractivity contribution in [2.45, 2.75) is 37.5 Å². The smallest absolute Gasteiger partial charge is 0.0717 e. The average molecular weight is 255 g/mol. The summed E-state index contributed by atoms with van der Waals surface area (Å²) >= 11 is 0. The zero-order chi connectivity index (χ0) is 12.7. The first-order valence-electron chi connectivity index (χ1n) is 7.45. The summed E-state index contributed by atoms with van der Waals surface area (Å²) in [6.45, 7) is 2.86. The maximum absolute atomic E-state index is 5.91. The van der Waals surface area contributed by atoms with Gasteiger partial charge in [-0.1, -0.05) is 48.9 Å². The molecular formula is C17H21NO. The minimum Gasteiger partial charge on any atom is -0.375 e. The lowest BCUT2D eigenvalue weighted by Crippen LogP contribution is -2.35. The molecule has 3 aliphatic rings. The molecule has 4 rings (SSSR count). The second kappa shape index (κ2) is 4.46. The fraction of sp³-hybridized carbons (Fsp3) is 0.529. The molecule has 1 spiro atoms. The Morgan fingerprint density at radius 3 is 3.00 bits per heavy atom. The van der Waals surface area contributed by atoms with Crippen LogP contribution in [0.15, 0.2) is 42.5 Å². The highest BCUT2D eigenvalue weighted by Gasteiger charge is 2.61. The first kappa shape index (κ1) is 11.7. The Labute approximate surface area is 115 Å². The number of hydrogen-bond acceptors (Lipinski definition) is 2. The van der Waals surface area contributed by atoms with E-state index in [0.717, 1.165) is 19.1 Å². The van der Waals surface area contributed by atoms with Crippen LogP contribution in [0.4, 0.5) is 0 Å². The lowest BCUT2D eigenvalue weighted by Gasteiger charge is -2.27. The van der Waals surface area contributed by atoms with Gasteiger partial charge in [-0.3, -0.25) is 4.90 Å². The van der Waals surface area contributed by atoms with Gasteiger partial charge in [-0.15, -0.1) is 0 Å². The van der Waals surface area contributed by atoms with Gasteiger partial charge < -0.3 is 4.74 Å². The molecule has 2 aliphatic heterocycles. The van der Waals surface area contributed by atoms with Crippen LogP contribution >= 0.6 is 0 Å². The predicted molar refractivity (Wildman–Crippen MR) is 75.8 cm³/mol. The molecule has 0 bridgehead atoms. The predicted octanol–water partition coefficient (Wildman–Crippen LogP) is 3.00. The van der Waals surface area contributed by atoms with Gasteiger partial charge >= 0.3 is 0 Å². The minimum absolute atomic E-state index is 0.512. The van der Waals surface area contributed by atoms with Gasteiger partial charge in [-0.2, -0.15) is 0 Å². The summed E-state index contributed by atoms with van der Waals surface area (Å²) in [6.07, 6.45) is 9.05. The van der Waals surface area contributed by atoms with Crippen LogP contribution < -0.4 is 0 Å². The largest absolute Gasteiger partial charge is 0.375 e. The van der Waals surface area contributed by atoms with E-state index >= 15 is 0 Å². The number of rotatable bonds is 4. The molecule has 19 heavy (non-hydrogen) atoms. The molecule has 1 aromatic carbocycles. The second-order valence-corrected chi connectivity index (χ2v) is 6.18. The van der Waals surface area contributed by atoms with Crippen molar-refractivity contribution in [3.05, 3.63) is 48.0 Å². The van der Waals surface area contributed by atoms with E-state index in [4.69, 9.17) is 4.74 Å². The third kappa shape index (κ3) is 1.94. The van der Waals surface area contributed by atoms with Crippen molar-refractivity contribution in [3.63, 3.8) is 0 Å². The van der Waals surface area contributed by atoms with Crippen molar-refractivity contribution in [1.29, 1.82) is 0 Å². The van der Waals surface area contributed by atoms with Crippen molar-refractivity contribution in [2.24, 2.45) is 5.92 Å². The van der Waals surface area contributed by atoms with Crippen LogP contribution in [-0.4, -0.2) is 29.6 Å². The molecule has 0 N–H and O–H groups in total. The molecule has 1 saturated carbocycles. The lowest BCUT2D eigenvalue weighted by molar-refractivity contribution is 0.0851. The Morgan fingerprint density at radius 1 is 1.21 bits per heavy atom. The standard InChI is InChI=1S/C17H21NO/c1-2-5-14(6-3-1)11-19-12-16-9-8-15-7-4-10-17(15)13-18(16)17/h1-3,5-6,8-9,15-16H,4,7,10-13H2/t15-,16-,17-,18?/m0/s1. The maximum atomic E-state index is 5.91. The molecule has 2 nitrogen and oxygen atoms in total. The quantitative estimate of drug-likeness (QED) is 0.605. The molecule has 100 valence electrons. The van der Waals surface area contributed by atoms with E-state index in [1.54, 1.807) is 0 Å². The summed E-state index contributed by atoms with van der Waals surface area (Å²) in [5.74, 6) is 0.831. The molecule has 2 fully saturated rings. The minimum atomic E-state index is 0.512. The van der Waals surface area contributed by atoms with Crippen LogP contribution in [0.1, 0.15) is 24.8 Å². The number of ether oxygens (including phenoxy) is 1. The first-order valence-corrected chi connectivity index (χ1v) is 7.45. The van der Waals surface area contributed by atoms with Crippen LogP contribution in [0, 0.1) is 5.92 Å². The van der Waals surface area contributed by atoms with Crippen molar-refractivity contribution in [2.75, 3.05) is 13.2 Å². The monoisotopic (exact) mass is 255 g/mol. The summed E-state index contributed by atoms with van der Waals surface area (Å²) in [6, 6.07) is 11.0. The van der Waals surface area contributed by atoms with Crippen LogP contribution in [0.5, 0.6) is 0 Å². The van der Waals surface area contributed by atoms with Crippen LogP contribution in [-0.2, 0) is 11.3 Å². The van der Waals surface area contributed by atoms with E-state index < -0.39 is 0 Å². The SMILES string of the molecule is C1=C[C@@H](COCc2ccccc2)N2C[C@]23CCC[C@@H]13. The number of hydrogen-bond donors (Lipinski definition) is 0. The van der Waals surface area contributed by atoms with Gasteiger partial charge in [-0.25, -0.2) is 0 Å². The molecule has 2 heteroatoms. The highest BCUT2D eigenvalue weighted by atomic mass is 16.5. The molecular weight excluding hydrogens is 234 g/mol. The van der Waals surface area contributed by atoms with Crippen molar-refractivity contribution >= 4 is 0 Å². The first-order chi connectivity index (χ1) is 9.38. The Kier molecular flexibility index (Phi) is 2.75. The van der Waals surface area contributed by atoms with E-state index in [0.29, 0.717) is 11.6 Å². The Hall–Kier alpha value is -1.12. The van der Waals surface area contributed by atoms with Gasteiger partial charge in [0.05, 0.1) is 19.3 Å². The normalized spacial score (nSPS) is 38.8. The van der Waals surface area contributed by atoms with E-state index in [1.807, 2.05) is 6.07 Å². The zero-order valence-electron chi connectivity index (χ0n) is 11.3. The highest BCUT2D eigenvalue weighted by Crippen LogP contribution is 2.54. The molecule has 1 aliphatic carbocycles. The third-order valence-corrected chi connectivity index (χ3v) is 5.09. The fourth-order valence-corrected chi connectivity index (χ4v) is 4.00. The van der Waals surface area contributed by atoms with Crippen molar-refractivity contribution < 1.29 is 4.74 Å². The highest BCUT2D eigenvalue weighted by molar-refractivity contribution is 5.27. The van der Waals surface area contributed by atoms with E-state index in [2.05, 4.69) is 41.3 Å². The lowest BCUT2D eigenvalue weighted by atomic mass is 9.92. The second-order valence-electron chi connectivity index (χ2n) is 6.18. The summed E-state index contributed by atoms with van der Waals surface area (Å²) in [4.78, 5) is 2.66. The van der Waals surface area contributed by atoms with Gasteiger partial charge in [0.1, 0.15) is 0 Å². The van der Waals surface area contributed by atoms with E-state index in [-0.39, 0.29) is 0 Å². The van der Waals surface area contributed by atoms with Crippen molar-refractivity contribution in [1.82, 2.24) is 4.90 Å². The van der Waals surface area contributed by atoms with Gasteiger partial charge in [-0.05, 0) is 24.3 Å². The molecule has 1 saturated heterocycles. The Balaban J connectivity index is 1.34. The van der Waals surface area contributed by atoms with Crippen LogP contribution in [0.25, 0.3) is 0 Å². The number of nitrogens with zero attached hydrogens (tertiary/aromatic N) is 1. The average Bonchev–Trinajstić information content (AvgIpc) is 3.04. The van der Waals surface area contributed by atoms with Gasteiger partial charge in [0.2, 0.25) is 0 Å². The summed E-state index contributed by atoms with van der Waals surface area (Å²) < 4.78 is 5.91. The summed E-state index contributed by atoms with van der Waals surface area (Å²) in [5, 5.41) is 0. The summed E-state index contributed by atoms with van der Waals surface area (Å²) in [7, 11) is 0. The molecule has 2 heterocycles. The molecule has 0 aromatic heterocycles. The third-order valence-electron chi connectivity index (χ3n) is 5.09. The molecule has 0 amide bonds. The molecule has 4 atom stereocenters. The van der Waals surface area contributed by atoms with Crippen LogP contribution in [0.2, 0.25) is 0 Å². The van der Waals surface area contributed by atoms with Gasteiger partial charge in [0.25, 0.3) is 0 Å². The number of benzene rings is 1. The Bertz CT molecular complexity index is 483. The van der Waals surface area contributed by atoms with E-state index in [1.165, 1.54) is 31.4 Å². The zero-order valence-corrected chi connectivity index (χ0v) is 11.3. The van der Waals surface area contributed by atoms with Gasteiger partial charge in [0, 0.05) is 12.1 Å². The molecule has 1 aromatic rings.